The molecule has 0 bridgehead atoms. The molecule has 4 nitrogen and oxygen atoms in total. The van der Waals surface area contributed by atoms with Crippen LogP contribution in [0.5, 0.6) is 0 Å². The molecule has 1 fully saturated rings. The number of aryl methyl sites for hydroxylation is 2. The topological polar surface area (TPSA) is 49.4 Å². The Labute approximate surface area is 122 Å². The van der Waals surface area contributed by atoms with E-state index in [2.05, 4.69) is 5.32 Å². The van der Waals surface area contributed by atoms with Crippen LogP contribution in [0.15, 0.2) is 17.0 Å². The predicted molar refractivity (Wildman–Crippen MR) is 81.3 cm³/mol. The molecule has 1 N–H and O–H groups in total. The highest BCUT2D eigenvalue weighted by molar-refractivity contribution is 7.89. The van der Waals surface area contributed by atoms with Gasteiger partial charge in [0.1, 0.15) is 0 Å². The van der Waals surface area contributed by atoms with Crippen molar-refractivity contribution >= 4 is 10.0 Å². The Bertz CT molecular complexity index is 576. The molecular formula is C15H24N2O2S. The maximum Gasteiger partial charge on any atom is 0.243 e. The summed E-state index contributed by atoms with van der Waals surface area (Å²) in [6.07, 6.45) is 3.06. The molecule has 5 heteroatoms. The van der Waals surface area contributed by atoms with Crippen molar-refractivity contribution < 1.29 is 8.42 Å². The molecule has 1 aromatic carbocycles. The molecule has 0 radical (unpaired) electrons. The second kappa shape index (κ2) is 6.24. The van der Waals surface area contributed by atoms with Gasteiger partial charge in [-0.05, 0) is 56.5 Å². The molecule has 0 aliphatic carbocycles. The Morgan fingerprint density at radius 3 is 2.35 bits per heavy atom. The van der Waals surface area contributed by atoms with Gasteiger partial charge < -0.3 is 5.32 Å². The average Bonchev–Trinajstić information content (AvgIpc) is 2.42. The molecule has 0 atom stereocenters. The Kier molecular flexibility index (Phi) is 4.83. The number of hydrogen-bond donors (Lipinski definition) is 1. The number of hydrogen-bond acceptors (Lipinski definition) is 3. The number of sulfonamides is 1. The Balaban J connectivity index is 2.42. The Morgan fingerprint density at radius 1 is 1.10 bits per heavy atom. The van der Waals surface area contributed by atoms with E-state index in [1.54, 1.807) is 4.31 Å². The number of piperidine rings is 1. The minimum absolute atomic E-state index is 0.468. The molecule has 1 aromatic rings. The summed E-state index contributed by atoms with van der Waals surface area (Å²) in [5, 5.41) is 3.09. The largest absolute Gasteiger partial charge is 0.316 e. The zero-order chi connectivity index (χ0) is 14.8. The van der Waals surface area contributed by atoms with Crippen LogP contribution in [0.2, 0.25) is 0 Å². The van der Waals surface area contributed by atoms with Gasteiger partial charge in [0.25, 0.3) is 0 Å². The lowest BCUT2D eigenvalue weighted by Gasteiger charge is -2.27. The third-order valence-corrected chi connectivity index (χ3v) is 5.97. The van der Waals surface area contributed by atoms with Crippen LogP contribution >= 0.6 is 0 Å². The van der Waals surface area contributed by atoms with E-state index in [9.17, 15) is 8.42 Å². The summed E-state index contributed by atoms with van der Waals surface area (Å²) in [5.41, 5.74) is 3.02. The second-order valence-corrected chi connectivity index (χ2v) is 7.45. The second-order valence-electron chi connectivity index (χ2n) is 5.54. The van der Waals surface area contributed by atoms with Crippen LogP contribution < -0.4 is 5.32 Å². The van der Waals surface area contributed by atoms with E-state index in [0.29, 0.717) is 24.5 Å². The zero-order valence-electron chi connectivity index (χ0n) is 12.6. The highest BCUT2D eigenvalue weighted by Crippen LogP contribution is 2.26. The molecular weight excluding hydrogens is 272 g/mol. The van der Waals surface area contributed by atoms with Crippen molar-refractivity contribution in [2.75, 3.05) is 20.1 Å². The maximum atomic E-state index is 12.8. The lowest BCUT2D eigenvalue weighted by molar-refractivity contribution is 0.346. The Hall–Kier alpha value is -0.910. The van der Waals surface area contributed by atoms with Crippen molar-refractivity contribution in [2.45, 2.75) is 44.6 Å². The quantitative estimate of drug-likeness (QED) is 0.926. The number of benzene rings is 1. The van der Waals surface area contributed by atoms with Gasteiger partial charge in [-0.15, -0.1) is 0 Å². The first kappa shape index (κ1) is 15.5. The van der Waals surface area contributed by atoms with Crippen LogP contribution in [-0.4, -0.2) is 32.9 Å². The van der Waals surface area contributed by atoms with Gasteiger partial charge in [0.15, 0.2) is 0 Å². The fourth-order valence-corrected chi connectivity index (χ4v) is 4.55. The molecule has 0 aromatic heterocycles. The fourth-order valence-electron chi connectivity index (χ4n) is 2.78. The molecule has 1 heterocycles. The predicted octanol–water partition coefficient (Wildman–Crippen LogP) is 2.20. The minimum Gasteiger partial charge on any atom is -0.316 e. The average molecular weight is 296 g/mol. The van der Waals surface area contributed by atoms with Crippen molar-refractivity contribution in [3.8, 4) is 0 Å². The fraction of sp³-hybridized carbons (Fsp3) is 0.600. The molecule has 112 valence electrons. The van der Waals surface area contributed by atoms with E-state index < -0.39 is 10.0 Å². The summed E-state index contributed by atoms with van der Waals surface area (Å²) in [5.74, 6) is 0. The standard InChI is InChI=1S/C15H24N2O2S/c1-12-9-13(2)15(10-14(12)11-16-3)20(18,19)17-7-5-4-6-8-17/h9-10,16H,4-8,11H2,1-3H3. The summed E-state index contributed by atoms with van der Waals surface area (Å²) < 4.78 is 27.2. The number of rotatable bonds is 4. The van der Waals surface area contributed by atoms with Gasteiger partial charge >= 0.3 is 0 Å². The zero-order valence-corrected chi connectivity index (χ0v) is 13.4. The van der Waals surface area contributed by atoms with Gasteiger partial charge in [0.05, 0.1) is 4.90 Å². The van der Waals surface area contributed by atoms with Crippen molar-refractivity contribution in [1.82, 2.24) is 9.62 Å². The number of nitrogens with zero attached hydrogens (tertiary/aromatic N) is 1. The highest BCUT2D eigenvalue weighted by atomic mass is 32.2. The molecule has 0 unspecified atom stereocenters. The van der Waals surface area contributed by atoms with Crippen LogP contribution in [0.25, 0.3) is 0 Å². The lowest BCUT2D eigenvalue weighted by Crippen LogP contribution is -2.36. The first-order valence-corrected chi connectivity index (χ1v) is 8.65. The van der Waals surface area contributed by atoms with E-state index in [4.69, 9.17) is 0 Å². The normalized spacial score (nSPS) is 17.4. The van der Waals surface area contributed by atoms with E-state index in [0.717, 1.165) is 36.0 Å². The Morgan fingerprint density at radius 2 is 1.75 bits per heavy atom. The molecule has 0 spiro atoms. The van der Waals surface area contributed by atoms with Crippen molar-refractivity contribution in [1.29, 1.82) is 0 Å². The van der Waals surface area contributed by atoms with E-state index in [-0.39, 0.29) is 0 Å². The van der Waals surface area contributed by atoms with Crippen molar-refractivity contribution in [3.05, 3.63) is 28.8 Å². The van der Waals surface area contributed by atoms with E-state index in [1.165, 1.54) is 0 Å². The monoisotopic (exact) mass is 296 g/mol. The summed E-state index contributed by atoms with van der Waals surface area (Å²) >= 11 is 0. The summed E-state index contributed by atoms with van der Waals surface area (Å²) in [6.45, 7) is 5.90. The molecule has 1 aliphatic heterocycles. The van der Waals surface area contributed by atoms with Crippen molar-refractivity contribution in [2.24, 2.45) is 0 Å². The van der Waals surface area contributed by atoms with E-state index >= 15 is 0 Å². The van der Waals surface area contributed by atoms with Crippen LogP contribution in [0, 0.1) is 13.8 Å². The first-order chi connectivity index (χ1) is 9.46. The first-order valence-electron chi connectivity index (χ1n) is 7.21. The van der Waals surface area contributed by atoms with Gasteiger partial charge in [0.2, 0.25) is 10.0 Å². The maximum absolute atomic E-state index is 12.8. The van der Waals surface area contributed by atoms with Gasteiger partial charge in [-0.25, -0.2) is 8.42 Å². The SMILES string of the molecule is CNCc1cc(S(=O)(=O)N2CCCCC2)c(C)cc1C. The summed E-state index contributed by atoms with van der Waals surface area (Å²) in [6, 6.07) is 3.81. The van der Waals surface area contributed by atoms with E-state index in [1.807, 2.05) is 33.0 Å². The van der Waals surface area contributed by atoms with Crippen LogP contribution in [-0.2, 0) is 16.6 Å². The summed E-state index contributed by atoms with van der Waals surface area (Å²) in [4.78, 5) is 0.468. The van der Waals surface area contributed by atoms with Crippen LogP contribution in [0.4, 0.5) is 0 Å². The highest BCUT2D eigenvalue weighted by Gasteiger charge is 2.27. The van der Waals surface area contributed by atoms with Crippen molar-refractivity contribution in [3.63, 3.8) is 0 Å². The van der Waals surface area contributed by atoms with Gasteiger partial charge in [-0.3, -0.25) is 0 Å². The molecule has 20 heavy (non-hydrogen) atoms. The minimum atomic E-state index is -3.34. The molecule has 1 aliphatic rings. The molecule has 0 saturated carbocycles. The van der Waals surface area contributed by atoms with Crippen LogP contribution in [0.3, 0.4) is 0 Å². The van der Waals surface area contributed by atoms with Gasteiger partial charge in [0, 0.05) is 19.6 Å². The molecule has 1 saturated heterocycles. The third-order valence-electron chi connectivity index (χ3n) is 3.93. The van der Waals surface area contributed by atoms with Crippen LogP contribution in [0.1, 0.15) is 36.0 Å². The van der Waals surface area contributed by atoms with Gasteiger partial charge in [-0.2, -0.15) is 4.31 Å². The molecule has 2 rings (SSSR count). The van der Waals surface area contributed by atoms with Gasteiger partial charge in [-0.1, -0.05) is 12.5 Å². The number of nitrogens with one attached hydrogen (secondary N) is 1. The third kappa shape index (κ3) is 3.05. The molecule has 0 amide bonds. The lowest BCUT2D eigenvalue weighted by atomic mass is 10.1. The summed E-state index contributed by atoms with van der Waals surface area (Å²) in [7, 11) is -1.47. The smallest absolute Gasteiger partial charge is 0.243 e.